The molecule has 3 heterocycles. The van der Waals surface area contributed by atoms with Crippen molar-refractivity contribution in [3.63, 3.8) is 0 Å². The Hall–Kier alpha value is -7.67. The molecule has 0 aliphatic rings. The molecule has 9 aromatic rings. The Bertz CT molecular complexity index is 3050. The van der Waals surface area contributed by atoms with Crippen LogP contribution in [0.4, 0.5) is 0 Å². The summed E-state index contributed by atoms with van der Waals surface area (Å²) in [6.45, 7) is 3.87. The van der Waals surface area contributed by atoms with Crippen molar-refractivity contribution in [2.24, 2.45) is 0 Å². The highest BCUT2D eigenvalue weighted by atomic mass is 32.2. The van der Waals surface area contributed by atoms with Crippen LogP contribution < -0.4 is 9.47 Å². The van der Waals surface area contributed by atoms with E-state index in [0.717, 1.165) is 51.8 Å². The normalized spacial score (nSPS) is 10.8. The van der Waals surface area contributed by atoms with Crippen LogP contribution in [0.25, 0.3) is 32.3 Å². The predicted octanol–water partition coefficient (Wildman–Crippen LogP) is 11.1. The van der Waals surface area contributed by atoms with E-state index in [1.54, 1.807) is 25.3 Å². The third kappa shape index (κ3) is 12.5. The minimum atomic E-state index is -4.02. The van der Waals surface area contributed by atoms with Gasteiger partial charge in [0.15, 0.2) is 23.0 Å². The summed E-state index contributed by atoms with van der Waals surface area (Å²) in [6.07, 6.45) is 7.80. The van der Waals surface area contributed by atoms with Gasteiger partial charge in [0.25, 0.3) is 10.1 Å². The molecule has 11 nitrogen and oxygen atoms in total. The molecular weight excluding hydrogens is 839 g/mol. The fourth-order valence-corrected chi connectivity index (χ4v) is 7.64. The molecule has 0 aliphatic carbocycles. The van der Waals surface area contributed by atoms with Crippen molar-refractivity contribution in [2.75, 3.05) is 14.2 Å². The van der Waals surface area contributed by atoms with Gasteiger partial charge in [-0.05, 0) is 115 Å². The average Bonchev–Trinajstić information content (AvgIpc) is 3.32. The lowest BCUT2D eigenvalue weighted by Gasteiger charge is -2.20. The largest absolute Gasteiger partial charge is 0.504 e. The number of fused-ring (bicyclic) bond motifs is 3. The number of carbonyl (C=O) groups is 1. The van der Waals surface area contributed by atoms with Crippen LogP contribution in [0.5, 0.6) is 23.0 Å². The number of aromatic nitrogens is 3. The third-order valence-corrected chi connectivity index (χ3v) is 11.5. The number of phenols is 2. The van der Waals surface area contributed by atoms with Gasteiger partial charge in [-0.1, -0.05) is 96.6 Å². The second-order valence-electron chi connectivity index (χ2n) is 14.9. The maximum absolute atomic E-state index is 10.5. The highest BCUT2D eigenvalue weighted by Gasteiger charge is 2.20. The fraction of sp³-hybridized carbons (Fsp3) is 0.132. The molecule has 6 aromatic carbocycles. The van der Waals surface area contributed by atoms with Gasteiger partial charge in [-0.3, -0.25) is 24.3 Å². The van der Waals surface area contributed by atoms with E-state index in [1.807, 2.05) is 74.9 Å². The number of aldehydes is 1. The van der Waals surface area contributed by atoms with E-state index in [-0.39, 0.29) is 22.3 Å². The SMILES string of the molecule is COc1cc(C(Cc2nccc3ccccc23)Cc2nccc3ccccc23)ccc1O.COc1cc(C=O)ccc1O.Cc1ccc(S(=O)(=O)O)cc1.Cc1nccc2ccccc12. The smallest absolute Gasteiger partial charge is 0.294 e. The number of rotatable bonds is 9. The quantitative estimate of drug-likeness (QED) is 0.0931. The molecule has 330 valence electrons. The van der Waals surface area contributed by atoms with Crippen molar-refractivity contribution in [3.05, 3.63) is 204 Å². The van der Waals surface area contributed by atoms with Crippen LogP contribution in [0.3, 0.4) is 0 Å². The number of carbonyl (C=O) groups excluding carboxylic acids is 1. The Labute approximate surface area is 378 Å². The number of hydrogen-bond acceptors (Lipinski definition) is 10. The van der Waals surface area contributed by atoms with Crippen LogP contribution in [-0.4, -0.2) is 58.6 Å². The molecule has 65 heavy (non-hydrogen) atoms. The molecule has 3 N–H and O–H groups in total. The van der Waals surface area contributed by atoms with Crippen LogP contribution in [0, 0.1) is 13.8 Å². The Kier molecular flexibility index (Phi) is 15.9. The van der Waals surface area contributed by atoms with E-state index in [1.165, 1.54) is 59.0 Å². The molecule has 0 unspecified atom stereocenters. The van der Waals surface area contributed by atoms with E-state index in [4.69, 9.17) is 29.1 Å². The summed E-state index contributed by atoms with van der Waals surface area (Å²) in [5.41, 5.74) is 5.74. The summed E-state index contributed by atoms with van der Waals surface area (Å²) in [5, 5.41) is 26.4. The van der Waals surface area contributed by atoms with Gasteiger partial charge < -0.3 is 19.7 Å². The molecule has 3 aromatic heterocycles. The first-order valence-corrected chi connectivity index (χ1v) is 22.0. The van der Waals surface area contributed by atoms with Crippen LogP contribution in [0.2, 0.25) is 0 Å². The number of benzene rings is 6. The van der Waals surface area contributed by atoms with Gasteiger partial charge >= 0.3 is 0 Å². The van der Waals surface area contributed by atoms with Gasteiger partial charge in [-0.15, -0.1) is 0 Å². The van der Waals surface area contributed by atoms with Crippen LogP contribution in [0.15, 0.2) is 175 Å². The summed E-state index contributed by atoms with van der Waals surface area (Å²) in [7, 11) is -1.01. The fourth-order valence-electron chi connectivity index (χ4n) is 7.16. The monoisotopic (exact) mass is 887 g/mol. The molecule has 0 spiro atoms. The van der Waals surface area contributed by atoms with Crippen LogP contribution >= 0.6 is 0 Å². The number of hydrogen-bond donors (Lipinski definition) is 3. The maximum Gasteiger partial charge on any atom is 0.294 e. The second kappa shape index (κ2) is 22.1. The van der Waals surface area contributed by atoms with Gasteiger partial charge in [0.1, 0.15) is 6.29 Å². The lowest BCUT2D eigenvalue weighted by Crippen LogP contribution is -2.10. The topological polar surface area (TPSA) is 169 Å². The average molecular weight is 888 g/mol. The van der Waals surface area contributed by atoms with Gasteiger partial charge in [-0.2, -0.15) is 8.42 Å². The highest BCUT2D eigenvalue weighted by Crippen LogP contribution is 2.35. The minimum Gasteiger partial charge on any atom is -0.504 e. The first-order valence-electron chi connectivity index (χ1n) is 20.6. The molecule has 0 radical (unpaired) electrons. The zero-order valence-corrected chi connectivity index (χ0v) is 37.2. The Balaban J connectivity index is 0.000000172. The number of aryl methyl sites for hydroxylation is 2. The van der Waals surface area contributed by atoms with Gasteiger partial charge in [0.05, 0.1) is 19.1 Å². The summed E-state index contributed by atoms with van der Waals surface area (Å²) < 4.78 is 39.7. The molecule has 0 amide bonds. The molecule has 0 aliphatic heterocycles. The predicted molar refractivity (Wildman–Crippen MR) is 256 cm³/mol. The van der Waals surface area contributed by atoms with Crippen molar-refractivity contribution in [2.45, 2.75) is 37.5 Å². The van der Waals surface area contributed by atoms with Crippen molar-refractivity contribution in [1.82, 2.24) is 15.0 Å². The summed E-state index contributed by atoms with van der Waals surface area (Å²) in [4.78, 5) is 23.9. The van der Waals surface area contributed by atoms with Crippen molar-refractivity contribution in [1.29, 1.82) is 0 Å². The number of pyridine rings is 3. The molecular formula is C53H49N3O8S. The molecule has 0 bridgehead atoms. The summed E-state index contributed by atoms with van der Waals surface area (Å²) >= 11 is 0. The molecule has 12 heteroatoms. The molecule has 0 saturated carbocycles. The summed E-state index contributed by atoms with van der Waals surface area (Å²) in [5.74, 6) is 1.08. The molecule has 0 saturated heterocycles. The second-order valence-corrected chi connectivity index (χ2v) is 16.4. The van der Waals surface area contributed by atoms with E-state index in [9.17, 15) is 18.3 Å². The van der Waals surface area contributed by atoms with Crippen molar-refractivity contribution in [3.8, 4) is 23.0 Å². The first-order chi connectivity index (χ1) is 31.4. The van der Waals surface area contributed by atoms with E-state index in [0.29, 0.717) is 23.3 Å². The first kappa shape index (κ1) is 46.8. The van der Waals surface area contributed by atoms with E-state index < -0.39 is 10.1 Å². The number of aromatic hydroxyl groups is 2. The van der Waals surface area contributed by atoms with Gasteiger partial charge in [0, 0.05) is 57.4 Å². The number of nitrogens with zero attached hydrogens (tertiary/aromatic N) is 3. The Morgan fingerprint density at radius 2 is 1.03 bits per heavy atom. The minimum absolute atomic E-state index is 0.0399. The van der Waals surface area contributed by atoms with Crippen LogP contribution in [0.1, 0.15) is 44.5 Å². The zero-order chi connectivity index (χ0) is 46.3. The Morgan fingerprint density at radius 3 is 1.52 bits per heavy atom. The van der Waals surface area contributed by atoms with E-state index in [2.05, 4.69) is 65.6 Å². The molecule has 9 rings (SSSR count). The summed E-state index contributed by atoms with van der Waals surface area (Å²) in [6, 6.07) is 47.1. The number of methoxy groups -OCH3 is 2. The van der Waals surface area contributed by atoms with Crippen molar-refractivity contribution >= 4 is 48.7 Å². The van der Waals surface area contributed by atoms with Gasteiger partial charge in [0.2, 0.25) is 0 Å². The van der Waals surface area contributed by atoms with Gasteiger partial charge in [-0.25, -0.2) is 0 Å². The van der Waals surface area contributed by atoms with Crippen LogP contribution in [-0.2, 0) is 23.0 Å². The molecule has 0 fully saturated rings. The highest BCUT2D eigenvalue weighted by molar-refractivity contribution is 7.85. The lowest BCUT2D eigenvalue weighted by atomic mass is 9.87. The zero-order valence-electron chi connectivity index (χ0n) is 36.4. The number of ether oxygens (including phenoxy) is 2. The van der Waals surface area contributed by atoms with E-state index >= 15 is 0 Å². The standard InChI is InChI=1S/C28H24N2O2.C10H9N.C8H8O3.C7H8O3S/c1-32-28-18-21(10-11-27(28)31)22(16-25-23-8-4-2-6-19(23)12-14-29-25)17-26-24-9-5-3-7-20(24)13-15-30-26;1-8-10-5-3-2-4-9(10)6-7-11-8;1-11-8-4-6(5-9)2-3-7(8)10;1-6-2-4-7(5-3-6)11(8,9)10/h2-15,18,22,31H,16-17H2,1H3;2-7H,1H3;2-5,10H,1H3;2-5H,1H3,(H,8,9,10). The lowest BCUT2D eigenvalue weighted by molar-refractivity contribution is 0.112. The number of phenolic OH excluding ortho intramolecular Hbond substituents is 2. The third-order valence-electron chi connectivity index (χ3n) is 10.6. The van der Waals surface area contributed by atoms with Crippen molar-refractivity contribution < 1.29 is 37.5 Å². The Morgan fingerprint density at radius 1 is 0.569 bits per heavy atom. The maximum atomic E-state index is 10.5. The molecule has 0 atom stereocenters.